The first-order chi connectivity index (χ1) is 9.94. The maximum atomic E-state index is 13.0. The van der Waals surface area contributed by atoms with E-state index in [1.165, 1.54) is 12.1 Å². The molecule has 1 saturated heterocycles. The fourth-order valence-electron chi connectivity index (χ4n) is 2.22. The maximum absolute atomic E-state index is 13.0. The van der Waals surface area contributed by atoms with Gasteiger partial charge in [-0.05, 0) is 38.0 Å². The summed E-state index contributed by atoms with van der Waals surface area (Å²) in [4.78, 5) is 11.6. The Balaban J connectivity index is 1.62. The molecule has 1 heterocycles. The zero-order valence-electron chi connectivity index (χ0n) is 12.4. The van der Waals surface area contributed by atoms with Crippen LogP contribution in [0.25, 0.3) is 0 Å². The number of carbonyl (C=O) groups excluding carboxylic acids is 1. The lowest BCUT2D eigenvalue weighted by Gasteiger charge is -2.16. The average molecular weight is 296 g/mol. The van der Waals surface area contributed by atoms with E-state index >= 15 is 0 Å². The second-order valence-corrected chi connectivity index (χ2v) is 5.59. The highest BCUT2D eigenvalue weighted by molar-refractivity contribution is 5.69. The van der Waals surface area contributed by atoms with Crippen molar-refractivity contribution in [2.75, 3.05) is 13.2 Å². The molecule has 1 fully saturated rings. The fourth-order valence-corrected chi connectivity index (χ4v) is 2.22. The number of halogens is 1. The number of hydrogen-bond acceptors (Lipinski definition) is 4. The highest BCUT2D eigenvalue weighted by atomic mass is 19.1. The van der Waals surface area contributed by atoms with E-state index in [1.807, 2.05) is 13.8 Å². The summed E-state index contributed by atoms with van der Waals surface area (Å²) >= 11 is 0. The predicted octanol–water partition coefficient (Wildman–Crippen LogP) is 2.84. The zero-order chi connectivity index (χ0) is 15.3. The summed E-state index contributed by atoms with van der Waals surface area (Å²) in [5, 5.41) is 0. The number of ether oxygens (including phenoxy) is 3. The molecular weight excluding hydrogens is 275 g/mol. The van der Waals surface area contributed by atoms with Crippen molar-refractivity contribution in [2.24, 2.45) is 0 Å². The van der Waals surface area contributed by atoms with Gasteiger partial charge in [0.2, 0.25) is 0 Å². The molecule has 116 valence electrons. The third-order valence-electron chi connectivity index (χ3n) is 3.28. The van der Waals surface area contributed by atoms with Crippen molar-refractivity contribution in [3.05, 3.63) is 35.6 Å². The van der Waals surface area contributed by atoms with E-state index in [-0.39, 0.29) is 24.3 Å². The van der Waals surface area contributed by atoms with Gasteiger partial charge in [-0.1, -0.05) is 12.1 Å². The Hall–Kier alpha value is -1.46. The highest BCUT2D eigenvalue weighted by Gasteiger charge is 2.32. The molecule has 0 N–H and O–H groups in total. The minimum atomic E-state index is -0.550. The maximum Gasteiger partial charge on any atom is 0.306 e. The van der Waals surface area contributed by atoms with Gasteiger partial charge in [0.05, 0.1) is 19.3 Å². The van der Waals surface area contributed by atoms with Crippen LogP contribution in [0.5, 0.6) is 0 Å². The fraction of sp³-hybridized carbons (Fsp3) is 0.562. The Bertz CT molecular complexity index is 487. The topological polar surface area (TPSA) is 44.8 Å². The largest absolute Gasteiger partial charge is 0.466 e. The first-order valence-corrected chi connectivity index (χ1v) is 7.16. The van der Waals surface area contributed by atoms with E-state index < -0.39 is 5.79 Å². The molecule has 0 bridgehead atoms. The molecule has 1 atom stereocenters. The molecule has 0 saturated carbocycles. The van der Waals surface area contributed by atoms with Gasteiger partial charge in [0.1, 0.15) is 5.82 Å². The van der Waals surface area contributed by atoms with E-state index in [1.54, 1.807) is 12.1 Å². The number of esters is 1. The number of hydrogen-bond donors (Lipinski definition) is 0. The van der Waals surface area contributed by atoms with Gasteiger partial charge in [-0.25, -0.2) is 4.39 Å². The van der Waals surface area contributed by atoms with Gasteiger partial charge in [0, 0.05) is 12.8 Å². The molecule has 21 heavy (non-hydrogen) atoms. The van der Waals surface area contributed by atoms with Crippen LogP contribution in [0.2, 0.25) is 0 Å². The number of benzene rings is 1. The second kappa shape index (κ2) is 7.00. The van der Waals surface area contributed by atoms with Crippen LogP contribution in [0.15, 0.2) is 24.3 Å². The van der Waals surface area contributed by atoms with Crippen LogP contribution in [0.4, 0.5) is 4.39 Å². The van der Waals surface area contributed by atoms with Gasteiger partial charge in [-0.3, -0.25) is 4.79 Å². The minimum absolute atomic E-state index is 0.0315. The van der Waals surface area contributed by atoms with Crippen molar-refractivity contribution in [1.29, 1.82) is 0 Å². The van der Waals surface area contributed by atoms with Crippen molar-refractivity contribution in [3.63, 3.8) is 0 Å². The van der Waals surface area contributed by atoms with Crippen LogP contribution < -0.4 is 0 Å². The Morgan fingerprint density at radius 1 is 1.48 bits per heavy atom. The monoisotopic (exact) mass is 296 g/mol. The lowest BCUT2D eigenvalue weighted by Crippen LogP contribution is -2.22. The normalized spacial score (nSPS) is 20.4. The summed E-state index contributed by atoms with van der Waals surface area (Å²) < 4.78 is 29.2. The molecule has 4 nitrogen and oxygen atoms in total. The minimum Gasteiger partial charge on any atom is -0.466 e. The molecule has 0 spiro atoms. The van der Waals surface area contributed by atoms with Gasteiger partial charge in [0.15, 0.2) is 5.79 Å². The molecule has 1 aliphatic rings. The summed E-state index contributed by atoms with van der Waals surface area (Å²) in [6, 6.07) is 6.24. The summed E-state index contributed by atoms with van der Waals surface area (Å²) in [6.45, 7) is 4.55. The smallest absolute Gasteiger partial charge is 0.306 e. The van der Waals surface area contributed by atoms with Crippen molar-refractivity contribution in [3.8, 4) is 0 Å². The predicted molar refractivity (Wildman–Crippen MR) is 75.2 cm³/mol. The molecule has 1 aliphatic heterocycles. The Morgan fingerprint density at radius 2 is 2.29 bits per heavy atom. The molecule has 0 radical (unpaired) electrons. The third-order valence-corrected chi connectivity index (χ3v) is 3.28. The summed E-state index contributed by atoms with van der Waals surface area (Å²) in [5.74, 6) is -1.12. The Labute approximate surface area is 124 Å². The Kier molecular flexibility index (Phi) is 5.31. The average Bonchev–Trinajstić information content (AvgIpc) is 2.76. The Morgan fingerprint density at radius 3 is 2.95 bits per heavy atom. The van der Waals surface area contributed by atoms with Crippen LogP contribution in [0, 0.1) is 5.82 Å². The molecular formula is C16H21FO4. The first kappa shape index (κ1) is 15.9. The highest BCUT2D eigenvalue weighted by Crippen LogP contribution is 2.23. The molecule has 0 unspecified atom stereocenters. The van der Waals surface area contributed by atoms with Crippen LogP contribution in [0.1, 0.15) is 32.3 Å². The molecule has 0 aromatic heterocycles. The molecule has 0 amide bonds. The van der Waals surface area contributed by atoms with Crippen LogP contribution in [-0.2, 0) is 25.4 Å². The molecule has 5 heteroatoms. The van der Waals surface area contributed by atoms with Gasteiger partial charge in [0.25, 0.3) is 0 Å². The zero-order valence-corrected chi connectivity index (χ0v) is 12.4. The van der Waals surface area contributed by atoms with Gasteiger partial charge in [-0.2, -0.15) is 0 Å². The second-order valence-electron chi connectivity index (χ2n) is 5.59. The van der Waals surface area contributed by atoms with Crippen LogP contribution >= 0.6 is 0 Å². The van der Waals surface area contributed by atoms with E-state index in [0.29, 0.717) is 26.1 Å². The lowest BCUT2D eigenvalue weighted by molar-refractivity contribution is -0.148. The van der Waals surface area contributed by atoms with E-state index in [2.05, 4.69) is 0 Å². The summed E-state index contributed by atoms with van der Waals surface area (Å²) in [7, 11) is 0. The number of carbonyl (C=O) groups is 1. The molecule has 1 aromatic carbocycles. The number of rotatable bonds is 6. The quantitative estimate of drug-likeness (QED) is 0.757. The van der Waals surface area contributed by atoms with Gasteiger partial charge >= 0.3 is 5.97 Å². The van der Waals surface area contributed by atoms with Crippen molar-refractivity contribution >= 4 is 5.97 Å². The summed E-state index contributed by atoms with van der Waals surface area (Å²) in [6.07, 6.45) is 1.31. The van der Waals surface area contributed by atoms with E-state index in [9.17, 15) is 9.18 Å². The van der Waals surface area contributed by atoms with Crippen LogP contribution in [0.3, 0.4) is 0 Å². The standard InChI is InChI=1S/C16H21FO4/c1-16(2)20-11-14(21-16)8-9-19-15(18)7-6-12-4-3-5-13(17)10-12/h3-5,10,14H,6-9,11H2,1-2H3/t14-/m1/s1. The van der Waals surface area contributed by atoms with Gasteiger partial charge in [-0.15, -0.1) is 0 Å². The molecule has 2 rings (SSSR count). The van der Waals surface area contributed by atoms with Crippen molar-refractivity contribution in [2.45, 2.75) is 45.0 Å². The summed E-state index contributed by atoms with van der Waals surface area (Å²) in [5.41, 5.74) is 0.793. The molecule has 1 aromatic rings. The third kappa shape index (κ3) is 5.44. The lowest BCUT2D eigenvalue weighted by atomic mass is 10.1. The van der Waals surface area contributed by atoms with Crippen LogP contribution in [-0.4, -0.2) is 31.1 Å². The van der Waals surface area contributed by atoms with E-state index in [0.717, 1.165) is 5.56 Å². The van der Waals surface area contributed by atoms with E-state index in [4.69, 9.17) is 14.2 Å². The first-order valence-electron chi connectivity index (χ1n) is 7.16. The van der Waals surface area contributed by atoms with Crippen molar-refractivity contribution < 1.29 is 23.4 Å². The molecule has 0 aliphatic carbocycles. The van der Waals surface area contributed by atoms with Crippen molar-refractivity contribution in [1.82, 2.24) is 0 Å². The van der Waals surface area contributed by atoms with Gasteiger partial charge < -0.3 is 14.2 Å². The SMILES string of the molecule is CC1(C)OC[C@@H](CCOC(=O)CCc2cccc(F)c2)O1. The number of aryl methyl sites for hydroxylation is 1.